The predicted molar refractivity (Wildman–Crippen MR) is 147 cm³/mol. The van der Waals surface area contributed by atoms with Crippen molar-refractivity contribution in [3.63, 3.8) is 0 Å². The summed E-state index contributed by atoms with van der Waals surface area (Å²) in [5.41, 5.74) is 6.94. The van der Waals surface area contributed by atoms with Crippen molar-refractivity contribution in [3.8, 4) is 11.8 Å². The molecule has 0 amide bonds. The molecule has 4 heterocycles. The van der Waals surface area contributed by atoms with Gasteiger partial charge in [-0.1, -0.05) is 11.8 Å². The number of nitrogens with zero attached hydrogens (tertiary/aromatic N) is 2. The second kappa shape index (κ2) is 10.1. The zero-order valence-corrected chi connectivity index (χ0v) is 22.1. The molecule has 0 radical (unpaired) electrons. The Morgan fingerprint density at radius 3 is 2.66 bits per heavy atom. The Balaban J connectivity index is 1.69. The van der Waals surface area contributed by atoms with E-state index in [9.17, 15) is 13.4 Å². The average Bonchev–Trinajstić information content (AvgIpc) is 3.28. The highest BCUT2D eigenvalue weighted by atomic mass is 19.2. The number of fused-ring (bicyclic) bond motifs is 2. The molecule has 8 heteroatoms. The van der Waals surface area contributed by atoms with Crippen LogP contribution in [-0.4, -0.2) is 28.8 Å². The summed E-state index contributed by atoms with van der Waals surface area (Å²) in [6, 6.07) is 7.48. The van der Waals surface area contributed by atoms with Crippen molar-refractivity contribution in [1.82, 2.24) is 4.57 Å². The molecular formula is C30H28BF2N2O3+. The molecule has 0 N–H and O–H groups in total. The second-order valence-electron chi connectivity index (χ2n) is 9.73. The summed E-state index contributed by atoms with van der Waals surface area (Å²) >= 11 is 0. The standard InChI is InChI=1S/C30H28BF2N2O3/c1-18-12-20(3)34(5)28(18)26(29-19(2)13-21(4)35(29)31(32)33)10-9-23-14-24-15-25-17-37-11-7-6-8-22(25)16-27(24)38-30(23)36/h9-10,12-16H,7,11,17H2,1-5H3/q+1/b10-9+. The molecule has 5 rings (SSSR count). The number of benzene rings is 1. The lowest BCUT2D eigenvalue weighted by atomic mass is 9.99. The molecule has 2 aromatic heterocycles. The zero-order valence-electron chi connectivity index (χ0n) is 22.1. The van der Waals surface area contributed by atoms with Crippen molar-refractivity contribution in [1.29, 1.82) is 0 Å². The third-order valence-corrected chi connectivity index (χ3v) is 7.06. The maximum Gasteiger partial charge on any atom is 0.934 e. The molecule has 2 aliphatic rings. The van der Waals surface area contributed by atoms with Crippen molar-refractivity contribution in [2.45, 2.75) is 40.7 Å². The van der Waals surface area contributed by atoms with E-state index in [-0.39, 0.29) is 0 Å². The topological polar surface area (TPSA) is 47.4 Å². The van der Waals surface area contributed by atoms with Gasteiger partial charge >= 0.3 is 13.0 Å². The Morgan fingerprint density at radius 2 is 1.95 bits per heavy atom. The fourth-order valence-electron chi connectivity index (χ4n) is 5.21. The molecule has 0 unspecified atom stereocenters. The van der Waals surface area contributed by atoms with E-state index in [0.717, 1.165) is 43.5 Å². The maximum absolute atomic E-state index is 14.2. The van der Waals surface area contributed by atoms with Gasteiger partial charge in [-0.3, -0.25) is 0 Å². The first-order valence-electron chi connectivity index (χ1n) is 12.5. The Bertz CT molecular complexity index is 1730. The molecule has 0 saturated carbocycles. The van der Waals surface area contributed by atoms with Crippen LogP contribution in [0.2, 0.25) is 0 Å². The first-order valence-corrected chi connectivity index (χ1v) is 12.5. The van der Waals surface area contributed by atoms with Gasteiger partial charge in [0.1, 0.15) is 5.58 Å². The average molecular weight is 513 g/mol. The van der Waals surface area contributed by atoms with E-state index in [2.05, 4.69) is 11.8 Å². The van der Waals surface area contributed by atoms with Crippen LogP contribution in [0.4, 0.5) is 8.63 Å². The molecule has 5 nitrogen and oxygen atoms in total. The minimum absolute atomic E-state index is 0.320. The summed E-state index contributed by atoms with van der Waals surface area (Å²) in [6.45, 7) is 8.42. The first kappa shape index (κ1) is 25.7. The molecule has 0 saturated heterocycles. The maximum atomic E-state index is 14.2. The van der Waals surface area contributed by atoms with Crippen LogP contribution in [0, 0.1) is 25.7 Å². The van der Waals surface area contributed by atoms with Gasteiger partial charge in [0.15, 0.2) is 11.4 Å². The lowest BCUT2D eigenvalue weighted by Crippen LogP contribution is -2.25. The number of allylic oxidation sites excluding steroid dienone is 4. The molecule has 0 atom stereocenters. The largest absolute Gasteiger partial charge is 0.934 e. The van der Waals surface area contributed by atoms with Crippen molar-refractivity contribution < 1.29 is 22.3 Å². The SMILES string of the molecule is CC1=CC(C)=[N+](B(F)F)/C1=C(/C=C/c1cc2cc3c(cc2oc1=O)C#CCCOC3)c1c(C)cc(C)n1C. The molecule has 0 fully saturated rings. The van der Waals surface area contributed by atoms with Crippen LogP contribution in [-0.2, 0) is 18.4 Å². The van der Waals surface area contributed by atoms with Crippen molar-refractivity contribution in [2.75, 3.05) is 6.61 Å². The van der Waals surface area contributed by atoms with Gasteiger partial charge in [-0.25, -0.2) is 17.9 Å². The van der Waals surface area contributed by atoms with Gasteiger partial charge in [0, 0.05) is 48.7 Å². The van der Waals surface area contributed by atoms with Gasteiger partial charge in [0.2, 0.25) is 0 Å². The van der Waals surface area contributed by atoms with E-state index in [1.54, 1.807) is 37.3 Å². The Hall–Kier alpha value is -3.96. The van der Waals surface area contributed by atoms with Crippen molar-refractivity contribution in [3.05, 3.63) is 91.7 Å². The summed E-state index contributed by atoms with van der Waals surface area (Å²) in [5.74, 6) is 6.19. The third-order valence-electron chi connectivity index (χ3n) is 7.06. The van der Waals surface area contributed by atoms with E-state index < -0.39 is 13.0 Å². The van der Waals surface area contributed by atoms with E-state index in [4.69, 9.17) is 9.15 Å². The normalized spacial score (nSPS) is 16.8. The van der Waals surface area contributed by atoms with Crippen LogP contribution >= 0.6 is 0 Å². The molecule has 3 aromatic rings. The summed E-state index contributed by atoms with van der Waals surface area (Å²) in [5, 5.41) is 0.740. The van der Waals surface area contributed by atoms with Crippen LogP contribution in [0.15, 0.2) is 56.9 Å². The number of halogens is 2. The highest BCUT2D eigenvalue weighted by Crippen LogP contribution is 2.33. The van der Waals surface area contributed by atoms with Crippen LogP contribution < -0.4 is 5.63 Å². The molecule has 38 heavy (non-hydrogen) atoms. The molecule has 0 spiro atoms. The molecule has 0 aliphatic carbocycles. The monoisotopic (exact) mass is 513 g/mol. The van der Waals surface area contributed by atoms with Gasteiger partial charge in [-0.2, -0.15) is 0 Å². The van der Waals surface area contributed by atoms with Crippen LogP contribution in [0.5, 0.6) is 0 Å². The van der Waals surface area contributed by atoms with E-state index in [1.165, 1.54) is 0 Å². The lowest BCUT2D eigenvalue weighted by molar-refractivity contribution is -0.343. The minimum Gasteiger partial charge on any atom is -0.422 e. The highest BCUT2D eigenvalue weighted by molar-refractivity contribution is 6.35. The van der Waals surface area contributed by atoms with Gasteiger partial charge < -0.3 is 13.7 Å². The quantitative estimate of drug-likeness (QED) is 0.252. The molecule has 1 aromatic carbocycles. The Morgan fingerprint density at radius 1 is 1.16 bits per heavy atom. The lowest BCUT2D eigenvalue weighted by Gasteiger charge is -2.12. The van der Waals surface area contributed by atoms with E-state index in [0.29, 0.717) is 47.8 Å². The molecular weight excluding hydrogens is 485 g/mol. The van der Waals surface area contributed by atoms with Crippen molar-refractivity contribution >= 4 is 35.7 Å². The minimum atomic E-state index is -2.71. The summed E-state index contributed by atoms with van der Waals surface area (Å²) < 4.78 is 42.8. The highest BCUT2D eigenvalue weighted by Gasteiger charge is 2.44. The van der Waals surface area contributed by atoms with Crippen LogP contribution in [0.1, 0.15) is 53.9 Å². The Labute approximate surface area is 220 Å². The summed E-state index contributed by atoms with van der Waals surface area (Å²) in [4.78, 5) is 13.0. The molecule has 2 aliphatic heterocycles. The predicted octanol–water partition coefficient (Wildman–Crippen LogP) is 5.80. The van der Waals surface area contributed by atoms with Gasteiger partial charge in [0.05, 0.1) is 30.0 Å². The van der Waals surface area contributed by atoms with Gasteiger partial charge in [-0.05, 0) is 68.3 Å². The zero-order chi connectivity index (χ0) is 27.1. The smallest absolute Gasteiger partial charge is 0.422 e. The van der Waals surface area contributed by atoms with Gasteiger partial charge in [-0.15, -0.1) is 0 Å². The fourth-order valence-corrected chi connectivity index (χ4v) is 5.21. The first-order chi connectivity index (χ1) is 18.2. The number of aromatic nitrogens is 1. The number of aryl methyl sites for hydroxylation is 2. The van der Waals surface area contributed by atoms with Crippen LogP contribution in [0.25, 0.3) is 22.6 Å². The van der Waals surface area contributed by atoms with E-state index in [1.807, 2.05) is 44.5 Å². The second-order valence-corrected chi connectivity index (χ2v) is 9.73. The number of rotatable bonds is 4. The fraction of sp³-hybridized carbons (Fsp3) is 0.267. The molecule has 192 valence electrons. The van der Waals surface area contributed by atoms with Gasteiger partial charge in [0.25, 0.3) is 0 Å². The number of hydrogen-bond donors (Lipinski definition) is 0. The molecule has 0 bridgehead atoms. The Kier molecular flexibility index (Phi) is 6.81. The van der Waals surface area contributed by atoms with E-state index >= 15 is 0 Å². The van der Waals surface area contributed by atoms with Crippen molar-refractivity contribution in [2.24, 2.45) is 7.05 Å². The number of ether oxygens (including phenoxy) is 1. The van der Waals surface area contributed by atoms with Crippen LogP contribution in [0.3, 0.4) is 0 Å². The summed E-state index contributed by atoms with van der Waals surface area (Å²) in [7, 11) is -0.800. The third kappa shape index (κ3) is 4.59. The summed E-state index contributed by atoms with van der Waals surface area (Å²) in [6.07, 6.45) is 5.79. The number of hydrogen-bond acceptors (Lipinski definition) is 3.